The number of anilines is 1. The molecule has 3 aromatic rings. The van der Waals surface area contributed by atoms with E-state index in [1.165, 1.54) is 4.57 Å². The van der Waals surface area contributed by atoms with E-state index in [1.54, 1.807) is 30.3 Å². The van der Waals surface area contributed by atoms with E-state index in [0.29, 0.717) is 10.9 Å². The molecule has 0 saturated heterocycles. The lowest BCUT2D eigenvalue weighted by Gasteiger charge is -2.14. The number of hydrogen-bond acceptors (Lipinski definition) is 4. The van der Waals surface area contributed by atoms with Crippen molar-refractivity contribution in [1.82, 2.24) is 9.88 Å². The second-order valence-electron chi connectivity index (χ2n) is 6.69. The highest BCUT2D eigenvalue weighted by atomic mass is 16.3. The number of benzene rings is 2. The Morgan fingerprint density at radius 2 is 1.86 bits per heavy atom. The van der Waals surface area contributed by atoms with E-state index in [4.69, 9.17) is 0 Å². The normalized spacial score (nSPS) is 10.6. The third-order valence-electron chi connectivity index (χ3n) is 4.59. The van der Waals surface area contributed by atoms with Gasteiger partial charge in [-0.25, -0.2) is 0 Å². The Morgan fingerprint density at radius 1 is 1.18 bits per heavy atom. The van der Waals surface area contributed by atoms with Crippen molar-refractivity contribution in [3.05, 3.63) is 82.7 Å². The third-order valence-corrected chi connectivity index (χ3v) is 4.59. The molecule has 2 aromatic carbocycles. The van der Waals surface area contributed by atoms with Gasteiger partial charge in [-0.15, -0.1) is 6.58 Å². The van der Waals surface area contributed by atoms with Gasteiger partial charge in [0.2, 0.25) is 0 Å². The van der Waals surface area contributed by atoms with Gasteiger partial charge in [0.05, 0.1) is 5.52 Å². The van der Waals surface area contributed by atoms with Gasteiger partial charge in [0.15, 0.2) is 0 Å². The highest BCUT2D eigenvalue weighted by Crippen LogP contribution is 2.26. The van der Waals surface area contributed by atoms with E-state index in [1.807, 2.05) is 43.3 Å². The summed E-state index contributed by atoms with van der Waals surface area (Å²) in [4.78, 5) is 27.6. The molecular weight excluding hydrogens is 354 g/mol. The highest BCUT2D eigenvalue weighted by molar-refractivity contribution is 6.02. The van der Waals surface area contributed by atoms with Gasteiger partial charge in [-0.3, -0.25) is 9.59 Å². The number of carbonyl (C=O) groups is 1. The van der Waals surface area contributed by atoms with E-state index in [0.717, 1.165) is 11.3 Å². The smallest absolute Gasteiger partial charge is 0.268 e. The third kappa shape index (κ3) is 3.62. The van der Waals surface area contributed by atoms with Crippen molar-refractivity contribution in [3.63, 3.8) is 0 Å². The van der Waals surface area contributed by atoms with Crippen molar-refractivity contribution < 1.29 is 9.90 Å². The average molecular weight is 377 g/mol. The molecule has 0 radical (unpaired) electrons. The van der Waals surface area contributed by atoms with Crippen LogP contribution in [0.15, 0.2) is 66.0 Å². The van der Waals surface area contributed by atoms with Gasteiger partial charge in [0.25, 0.3) is 11.5 Å². The number of aromatic hydroxyl groups is 1. The molecule has 0 saturated carbocycles. The number of aromatic nitrogens is 1. The molecule has 6 heteroatoms. The maximum atomic E-state index is 12.9. The minimum absolute atomic E-state index is 0.242. The van der Waals surface area contributed by atoms with Crippen LogP contribution in [0.3, 0.4) is 0 Å². The first-order valence-electron chi connectivity index (χ1n) is 8.94. The average Bonchev–Trinajstić information content (AvgIpc) is 2.70. The Labute approximate surface area is 163 Å². The number of hydrogen-bond donors (Lipinski definition) is 2. The number of para-hydroxylation sites is 1. The molecule has 0 atom stereocenters. The molecule has 2 N–H and O–H groups in total. The quantitative estimate of drug-likeness (QED) is 0.648. The minimum Gasteiger partial charge on any atom is -0.506 e. The zero-order valence-electron chi connectivity index (χ0n) is 16.0. The largest absolute Gasteiger partial charge is 0.506 e. The van der Waals surface area contributed by atoms with E-state index < -0.39 is 11.5 Å². The van der Waals surface area contributed by atoms with Crippen molar-refractivity contribution >= 4 is 22.5 Å². The van der Waals surface area contributed by atoms with E-state index in [2.05, 4.69) is 11.9 Å². The molecule has 6 nitrogen and oxygen atoms in total. The standard InChI is InChI=1S/C22H23N3O3/c1-4-13-25-18-8-6-5-7-17(18)20(26)19(22(25)28)21(27)23-14-15-9-11-16(12-10-15)24(2)3/h4-12,26H,1,13-14H2,2-3H3,(H,23,27). The maximum absolute atomic E-state index is 12.9. The van der Waals surface area contributed by atoms with Crippen LogP contribution in [0.25, 0.3) is 10.9 Å². The molecule has 0 aliphatic rings. The second kappa shape index (κ2) is 8.00. The number of fused-ring (bicyclic) bond motifs is 1. The van der Waals surface area contributed by atoms with E-state index in [9.17, 15) is 14.7 Å². The van der Waals surface area contributed by atoms with Crippen LogP contribution in [0.5, 0.6) is 5.75 Å². The topological polar surface area (TPSA) is 74.6 Å². The van der Waals surface area contributed by atoms with Crippen LogP contribution in [-0.2, 0) is 13.1 Å². The summed E-state index contributed by atoms with van der Waals surface area (Å²) in [6.07, 6.45) is 1.58. The summed E-state index contributed by atoms with van der Waals surface area (Å²) in [6.45, 7) is 4.16. The molecule has 3 rings (SSSR count). The van der Waals surface area contributed by atoms with Crippen molar-refractivity contribution in [2.24, 2.45) is 0 Å². The second-order valence-corrected chi connectivity index (χ2v) is 6.69. The molecule has 0 unspecified atom stereocenters. The van der Waals surface area contributed by atoms with Crippen LogP contribution in [-0.4, -0.2) is 29.7 Å². The fourth-order valence-electron chi connectivity index (χ4n) is 3.09. The summed E-state index contributed by atoms with van der Waals surface area (Å²) in [5.41, 5.74) is 1.70. The fraction of sp³-hybridized carbons (Fsp3) is 0.182. The maximum Gasteiger partial charge on any atom is 0.268 e. The van der Waals surface area contributed by atoms with Crippen LogP contribution >= 0.6 is 0 Å². The minimum atomic E-state index is -0.609. The van der Waals surface area contributed by atoms with E-state index >= 15 is 0 Å². The fourth-order valence-corrected chi connectivity index (χ4v) is 3.09. The Balaban J connectivity index is 1.93. The van der Waals surface area contributed by atoms with Gasteiger partial charge in [0, 0.05) is 38.3 Å². The molecule has 28 heavy (non-hydrogen) atoms. The predicted octanol–water partition coefficient (Wildman–Crippen LogP) is 2.89. The molecule has 0 aliphatic carbocycles. The van der Waals surface area contributed by atoms with Crippen molar-refractivity contribution in [2.75, 3.05) is 19.0 Å². The zero-order valence-corrected chi connectivity index (χ0v) is 16.0. The summed E-state index contributed by atoms with van der Waals surface area (Å²) < 4.78 is 1.43. The molecule has 0 bridgehead atoms. The monoisotopic (exact) mass is 377 g/mol. The van der Waals surface area contributed by atoms with Gasteiger partial charge < -0.3 is 19.9 Å². The predicted molar refractivity (Wildman–Crippen MR) is 112 cm³/mol. The number of amides is 1. The number of rotatable bonds is 6. The lowest BCUT2D eigenvalue weighted by molar-refractivity contribution is 0.0946. The van der Waals surface area contributed by atoms with Crippen LogP contribution in [0.4, 0.5) is 5.69 Å². The molecule has 0 spiro atoms. The number of nitrogens with zero attached hydrogens (tertiary/aromatic N) is 2. The lowest BCUT2D eigenvalue weighted by atomic mass is 10.1. The molecule has 144 valence electrons. The first-order valence-corrected chi connectivity index (χ1v) is 8.94. The molecular formula is C22H23N3O3. The van der Waals surface area contributed by atoms with Crippen molar-refractivity contribution in [3.8, 4) is 5.75 Å². The first-order chi connectivity index (χ1) is 13.4. The van der Waals surface area contributed by atoms with Crippen molar-refractivity contribution in [2.45, 2.75) is 13.1 Å². The molecule has 1 aromatic heterocycles. The Bertz CT molecular complexity index is 1080. The number of nitrogens with one attached hydrogen (secondary N) is 1. The van der Waals surface area contributed by atoms with Crippen LogP contribution in [0.2, 0.25) is 0 Å². The molecule has 1 amide bonds. The summed E-state index contributed by atoms with van der Waals surface area (Å²) in [5, 5.41) is 13.8. The summed E-state index contributed by atoms with van der Waals surface area (Å²) in [5.74, 6) is -0.913. The van der Waals surface area contributed by atoms with E-state index in [-0.39, 0.29) is 24.4 Å². The Hall–Kier alpha value is -3.54. The van der Waals surface area contributed by atoms with Gasteiger partial charge in [0.1, 0.15) is 11.3 Å². The SMILES string of the molecule is C=CCn1c(=O)c(C(=O)NCc2ccc(N(C)C)cc2)c(O)c2ccccc21. The summed E-state index contributed by atoms with van der Waals surface area (Å²) in [6, 6.07) is 14.7. The van der Waals surface area contributed by atoms with Crippen molar-refractivity contribution in [1.29, 1.82) is 0 Å². The first kappa shape index (κ1) is 19.2. The summed E-state index contributed by atoms with van der Waals surface area (Å²) >= 11 is 0. The van der Waals surface area contributed by atoms with Gasteiger partial charge in [-0.05, 0) is 29.8 Å². The molecule has 0 aliphatic heterocycles. The lowest BCUT2D eigenvalue weighted by Crippen LogP contribution is -2.33. The number of carbonyl (C=O) groups excluding carboxylic acids is 1. The molecule has 0 fully saturated rings. The number of allylic oxidation sites excluding steroid dienone is 1. The Kier molecular flexibility index (Phi) is 5.49. The van der Waals surface area contributed by atoms with Gasteiger partial charge in [-0.1, -0.05) is 30.3 Å². The van der Waals surface area contributed by atoms with Crippen LogP contribution in [0.1, 0.15) is 15.9 Å². The molecule has 1 heterocycles. The van der Waals surface area contributed by atoms with Crippen LogP contribution < -0.4 is 15.8 Å². The van der Waals surface area contributed by atoms with Crippen LogP contribution in [0, 0.1) is 0 Å². The highest BCUT2D eigenvalue weighted by Gasteiger charge is 2.21. The van der Waals surface area contributed by atoms with Gasteiger partial charge >= 0.3 is 0 Å². The number of pyridine rings is 1. The summed E-state index contributed by atoms with van der Waals surface area (Å²) in [7, 11) is 3.90. The zero-order chi connectivity index (χ0) is 20.3. The van der Waals surface area contributed by atoms with Gasteiger partial charge in [-0.2, -0.15) is 0 Å². The Morgan fingerprint density at radius 3 is 2.50 bits per heavy atom.